The molecule has 2 aromatic rings. The van der Waals surface area contributed by atoms with Crippen LogP contribution in [0, 0.1) is 0 Å². The van der Waals surface area contributed by atoms with Crippen LogP contribution in [0.5, 0.6) is 23.0 Å². The summed E-state index contributed by atoms with van der Waals surface area (Å²) in [5.41, 5.74) is 0.836. The molecule has 7 heteroatoms. The molecule has 104 valence electrons. The quantitative estimate of drug-likeness (QED) is 0.682. The molecule has 2 aromatic carbocycles. The molecule has 1 atom stereocenters. The average Bonchev–Trinajstić information content (AvgIpc) is 2.38. The van der Waals surface area contributed by atoms with Crippen LogP contribution in [-0.4, -0.2) is 124 Å². The summed E-state index contributed by atoms with van der Waals surface area (Å²) < 4.78 is 5.67. The minimum Gasteiger partial charge on any atom is -0.508 e. The number of aromatic hydroxyl groups is 3. The van der Waals surface area contributed by atoms with E-state index in [9.17, 15) is 20.1 Å². The van der Waals surface area contributed by atoms with Crippen LogP contribution in [0.3, 0.4) is 0 Å². The van der Waals surface area contributed by atoms with Crippen LogP contribution in [0.15, 0.2) is 36.4 Å². The molecular weight excluding hydrogens is 338 g/mol. The molecule has 0 saturated carbocycles. The molecule has 0 unspecified atom stereocenters. The normalized spacial score (nSPS) is 15.8. The number of benzene rings is 2. The minimum absolute atomic E-state index is 0. The first kappa shape index (κ1) is 20.6. The zero-order valence-corrected chi connectivity index (χ0v) is 18.7. The van der Waals surface area contributed by atoms with Crippen molar-refractivity contribution in [3.8, 4) is 23.0 Å². The van der Waals surface area contributed by atoms with E-state index in [1.807, 2.05) is 0 Å². The van der Waals surface area contributed by atoms with Crippen LogP contribution < -0.4 is 4.74 Å². The van der Waals surface area contributed by atoms with Gasteiger partial charge in [-0.2, -0.15) is 0 Å². The van der Waals surface area contributed by atoms with Gasteiger partial charge in [0.15, 0.2) is 5.78 Å². The number of carbonyl (C=O) groups is 1. The van der Waals surface area contributed by atoms with Crippen molar-refractivity contribution in [3.63, 3.8) is 0 Å². The topological polar surface area (TPSA) is 87.0 Å². The van der Waals surface area contributed by atoms with Gasteiger partial charge < -0.3 is 20.1 Å². The maximum atomic E-state index is 12.1. The summed E-state index contributed by atoms with van der Waals surface area (Å²) in [7, 11) is 0. The molecule has 0 fully saturated rings. The molecule has 0 amide bonds. The van der Waals surface area contributed by atoms with Gasteiger partial charge in [-0.05, 0) is 17.7 Å². The molecule has 1 heterocycles. The zero-order valence-electron chi connectivity index (χ0n) is 12.4. The van der Waals surface area contributed by atoms with Crippen molar-refractivity contribution in [1.82, 2.24) is 0 Å². The second-order valence-electron chi connectivity index (χ2n) is 4.66. The van der Waals surface area contributed by atoms with Gasteiger partial charge in [-0.15, -0.1) is 0 Å². The van der Waals surface area contributed by atoms with Crippen LogP contribution in [0.2, 0.25) is 0 Å². The number of carbonyl (C=O) groups excluding carboxylic acids is 1. The van der Waals surface area contributed by atoms with E-state index >= 15 is 0 Å². The first-order valence-corrected chi connectivity index (χ1v) is 6.09. The Hall–Kier alpha value is 0.583. The third-order valence-electron chi connectivity index (χ3n) is 3.25. The molecule has 0 aromatic heterocycles. The van der Waals surface area contributed by atoms with E-state index in [1.54, 1.807) is 12.1 Å². The molecule has 3 N–H and O–H groups in total. The number of hydrogen-bond acceptors (Lipinski definition) is 5. The Balaban J connectivity index is 0.00000121. The summed E-state index contributed by atoms with van der Waals surface area (Å²) in [5.74, 6) is -0.403. The molecule has 1 aliphatic rings. The number of fused-ring (bicyclic) bond motifs is 1. The average molecular weight is 350 g/mol. The molecule has 1 aliphatic heterocycles. The Morgan fingerprint density at radius 2 is 1.59 bits per heavy atom. The first-order chi connectivity index (χ1) is 9.54. The number of ketones is 1. The Bertz CT molecular complexity index is 685. The number of rotatable bonds is 1. The fourth-order valence-electron chi connectivity index (χ4n) is 2.30. The summed E-state index contributed by atoms with van der Waals surface area (Å²) in [6, 6.07) is 8.78. The third kappa shape index (κ3) is 4.35. The van der Waals surface area contributed by atoms with Crippen molar-refractivity contribution in [2.75, 3.05) is 0 Å². The number of ether oxygens (including phenoxy) is 1. The zero-order chi connectivity index (χ0) is 14.3. The molecule has 3 rings (SSSR count). The minimum atomic E-state index is -0.503. The van der Waals surface area contributed by atoms with E-state index < -0.39 is 6.10 Å². The monoisotopic (exact) mass is 350 g/mol. The molecule has 0 spiro atoms. The summed E-state index contributed by atoms with van der Waals surface area (Å²) in [6.07, 6.45) is -0.410. The Morgan fingerprint density at radius 1 is 0.955 bits per heavy atom. The van der Waals surface area contributed by atoms with E-state index in [2.05, 4.69) is 0 Å². The molecule has 2 radical (unpaired) electrons. The number of phenolic OH excluding ortho intramolecular Hbond substituents is 3. The van der Waals surface area contributed by atoms with Gasteiger partial charge in [0, 0.05) is 115 Å². The summed E-state index contributed by atoms with van der Waals surface area (Å²) in [6.45, 7) is 0. The summed E-state index contributed by atoms with van der Waals surface area (Å²) >= 11 is 0. The molecule has 5 nitrogen and oxygen atoms in total. The van der Waals surface area contributed by atoms with Gasteiger partial charge in [0.25, 0.3) is 0 Å². The Morgan fingerprint density at radius 3 is 2.23 bits per heavy atom. The largest absolute Gasteiger partial charge is 0.508 e. The molecule has 0 saturated heterocycles. The van der Waals surface area contributed by atoms with E-state index in [-0.39, 0.29) is 144 Å². The maximum Gasteiger partial charge on any atom is 0.174 e. The SMILES string of the molecule is O=C1C[C@@H](c2ccc(O)cc2)Oc2cc(O)cc(O)c21.[K].[K]. The van der Waals surface area contributed by atoms with Crippen molar-refractivity contribution in [3.05, 3.63) is 47.5 Å². The smallest absolute Gasteiger partial charge is 0.174 e. The van der Waals surface area contributed by atoms with E-state index in [0.717, 1.165) is 11.6 Å². The van der Waals surface area contributed by atoms with Crippen molar-refractivity contribution in [2.45, 2.75) is 12.5 Å². The molecular formula is C15H12K2O5. The second kappa shape index (κ2) is 8.61. The van der Waals surface area contributed by atoms with Crippen LogP contribution in [0.4, 0.5) is 0 Å². The van der Waals surface area contributed by atoms with Gasteiger partial charge >= 0.3 is 0 Å². The second-order valence-corrected chi connectivity index (χ2v) is 4.66. The number of phenols is 3. The fourth-order valence-corrected chi connectivity index (χ4v) is 2.30. The first-order valence-electron chi connectivity index (χ1n) is 6.09. The van der Waals surface area contributed by atoms with Gasteiger partial charge in [-0.1, -0.05) is 12.1 Å². The Labute approximate surface area is 212 Å². The molecule has 22 heavy (non-hydrogen) atoms. The fraction of sp³-hybridized carbons (Fsp3) is 0.133. The molecule has 0 aliphatic carbocycles. The van der Waals surface area contributed by atoms with Crippen molar-refractivity contribution in [1.29, 1.82) is 0 Å². The van der Waals surface area contributed by atoms with Crippen LogP contribution in [-0.2, 0) is 0 Å². The van der Waals surface area contributed by atoms with Gasteiger partial charge in [-0.3, -0.25) is 4.79 Å². The summed E-state index contributed by atoms with van der Waals surface area (Å²) in [5, 5.41) is 28.4. The van der Waals surface area contributed by atoms with Crippen molar-refractivity contribution in [2.24, 2.45) is 0 Å². The molecule has 0 bridgehead atoms. The van der Waals surface area contributed by atoms with Crippen LogP contribution in [0.25, 0.3) is 0 Å². The maximum absolute atomic E-state index is 12.1. The predicted octanol–water partition coefficient (Wildman–Crippen LogP) is 1.75. The van der Waals surface area contributed by atoms with Crippen LogP contribution >= 0.6 is 0 Å². The van der Waals surface area contributed by atoms with Gasteiger partial charge in [-0.25, -0.2) is 0 Å². The van der Waals surface area contributed by atoms with Crippen molar-refractivity contribution >= 4 is 109 Å². The van der Waals surface area contributed by atoms with Crippen molar-refractivity contribution < 1.29 is 24.9 Å². The number of Topliss-reactive ketones (excluding diaryl/α,β-unsaturated/α-hetero) is 1. The van der Waals surface area contributed by atoms with E-state index in [4.69, 9.17) is 4.74 Å². The summed E-state index contributed by atoms with van der Waals surface area (Å²) in [4.78, 5) is 12.1. The predicted molar refractivity (Wildman–Crippen MR) is 81.7 cm³/mol. The van der Waals surface area contributed by atoms with E-state index in [0.29, 0.717) is 0 Å². The van der Waals surface area contributed by atoms with Gasteiger partial charge in [0.05, 0.1) is 6.42 Å². The Kier molecular flexibility index (Phi) is 8.08. The number of hydrogen-bond donors (Lipinski definition) is 3. The van der Waals surface area contributed by atoms with Gasteiger partial charge in [0.2, 0.25) is 0 Å². The van der Waals surface area contributed by atoms with Crippen LogP contribution in [0.1, 0.15) is 28.4 Å². The standard InChI is InChI=1S/C15H12O5.2K/c16-9-3-1-8(2-4-9)13-7-12(19)15-11(18)5-10(17)6-14(15)20-13;;/h1-6,13,16-18H,7H2;;/t13-;;/m0../s1. The van der Waals surface area contributed by atoms with E-state index in [1.165, 1.54) is 18.2 Å². The van der Waals surface area contributed by atoms with Gasteiger partial charge in [0.1, 0.15) is 34.7 Å². The third-order valence-corrected chi connectivity index (χ3v) is 3.25.